The molecular formula is C28H23N3O. The lowest BCUT2D eigenvalue weighted by Crippen LogP contribution is -2.14. The highest BCUT2D eigenvalue weighted by atomic mass is 16.1. The number of nitrogens with zero attached hydrogens (tertiary/aromatic N) is 1. The number of anilines is 1. The van der Waals surface area contributed by atoms with Gasteiger partial charge in [-0.15, -0.1) is 0 Å². The number of rotatable bonds is 4. The molecule has 4 nitrogen and oxygen atoms in total. The predicted octanol–water partition coefficient (Wildman–Crippen LogP) is 5.86. The van der Waals surface area contributed by atoms with Crippen molar-refractivity contribution >= 4 is 23.1 Å². The molecule has 4 aromatic carbocycles. The molecule has 0 spiro atoms. The lowest BCUT2D eigenvalue weighted by Gasteiger charge is -2.10. The Morgan fingerprint density at radius 1 is 0.875 bits per heavy atom. The third-order valence-electron chi connectivity index (χ3n) is 5.80. The summed E-state index contributed by atoms with van der Waals surface area (Å²) in [4.78, 5) is 17.7. The average Bonchev–Trinajstić information content (AvgIpc) is 3.18. The van der Waals surface area contributed by atoms with Crippen LogP contribution in [0, 0.1) is 6.92 Å². The van der Waals surface area contributed by atoms with Crippen LogP contribution in [0.1, 0.15) is 32.6 Å². The largest absolute Gasteiger partial charge is 0.383 e. The summed E-state index contributed by atoms with van der Waals surface area (Å²) in [6.07, 6.45) is 0.770. The second kappa shape index (κ2) is 8.16. The fraction of sp³-hybridized carbons (Fsp3) is 0.0714. The number of aryl methyl sites for hydroxylation is 1. The zero-order chi connectivity index (χ0) is 22.1. The molecule has 0 atom stereocenters. The number of amides is 1. The normalized spacial score (nSPS) is 12.2. The first kappa shape index (κ1) is 19.8. The van der Waals surface area contributed by atoms with Gasteiger partial charge in [-0.3, -0.25) is 4.79 Å². The van der Waals surface area contributed by atoms with Crippen molar-refractivity contribution in [2.24, 2.45) is 10.7 Å². The van der Waals surface area contributed by atoms with Crippen molar-refractivity contribution in [3.8, 4) is 11.1 Å². The van der Waals surface area contributed by atoms with Crippen molar-refractivity contribution in [1.29, 1.82) is 0 Å². The van der Waals surface area contributed by atoms with Crippen LogP contribution in [0.4, 0.5) is 11.4 Å². The Morgan fingerprint density at radius 3 is 2.47 bits per heavy atom. The van der Waals surface area contributed by atoms with Crippen molar-refractivity contribution in [2.45, 2.75) is 13.3 Å². The maximum atomic E-state index is 13.1. The van der Waals surface area contributed by atoms with E-state index in [1.54, 1.807) is 0 Å². The molecule has 32 heavy (non-hydrogen) atoms. The molecule has 1 aliphatic carbocycles. The van der Waals surface area contributed by atoms with Crippen LogP contribution in [0.2, 0.25) is 0 Å². The number of benzene rings is 4. The highest BCUT2D eigenvalue weighted by Crippen LogP contribution is 2.38. The molecule has 3 N–H and O–H groups in total. The minimum atomic E-state index is -0.123. The fourth-order valence-corrected chi connectivity index (χ4v) is 4.15. The van der Waals surface area contributed by atoms with Crippen LogP contribution in [0.25, 0.3) is 11.1 Å². The van der Waals surface area contributed by atoms with Crippen LogP contribution >= 0.6 is 0 Å². The lowest BCUT2D eigenvalue weighted by molar-refractivity contribution is 0.102. The minimum absolute atomic E-state index is 0.123. The molecule has 0 aromatic heterocycles. The Bertz CT molecular complexity index is 1350. The van der Waals surface area contributed by atoms with Gasteiger partial charge in [-0.25, -0.2) is 4.99 Å². The summed E-state index contributed by atoms with van der Waals surface area (Å²) in [5.41, 5.74) is 15.0. The molecule has 0 unspecified atom stereocenters. The molecular weight excluding hydrogens is 394 g/mol. The number of hydrogen-bond acceptors (Lipinski definition) is 2. The molecule has 0 aliphatic heterocycles. The Balaban J connectivity index is 1.39. The number of fused-ring (bicyclic) bond motifs is 3. The number of nitrogens with one attached hydrogen (secondary N) is 1. The first-order valence-electron chi connectivity index (χ1n) is 10.6. The number of carbonyl (C=O) groups is 1. The van der Waals surface area contributed by atoms with Gasteiger partial charge in [0, 0.05) is 16.8 Å². The fourth-order valence-electron chi connectivity index (χ4n) is 4.15. The summed E-state index contributed by atoms with van der Waals surface area (Å²) < 4.78 is 0. The number of amidine groups is 1. The highest BCUT2D eigenvalue weighted by molar-refractivity contribution is 6.07. The first-order chi connectivity index (χ1) is 15.6. The van der Waals surface area contributed by atoms with Crippen molar-refractivity contribution in [3.63, 3.8) is 0 Å². The number of carbonyl (C=O) groups excluding carboxylic acids is 1. The Morgan fingerprint density at radius 2 is 1.62 bits per heavy atom. The molecule has 0 saturated heterocycles. The van der Waals surface area contributed by atoms with Crippen LogP contribution in [0.15, 0.2) is 96.0 Å². The van der Waals surface area contributed by atoms with E-state index in [0.29, 0.717) is 22.8 Å². The van der Waals surface area contributed by atoms with E-state index in [4.69, 9.17) is 5.73 Å². The maximum Gasteiger partial charge on any atom is 0.255 e. The van der Waals surface area contributed by atoms with E-state index in [1.807, 2.05) is 79.7 Å². The van der Waals surface area contributed by atoms with Gasteiger partial charge in [0.05, 0.1) is 5.69 Å². The van der Waals surface area contributed by atoms with Crippen molar-refractivity contribution < 1.29 is 4.79 Å². The van der Waals surface area contributed by atoms with E-state index in [-0.39, 0.29) is 5.91 Å². The smallest absolute Gasteiger partial charge is 0.255 e. The van der Waals surface area contributed by atoms with E-state index in [1.165, 1.54) is 16.7 Å². The van der Waals surface area contributed by atoms with Gasteiger partial charge in [0.1, 0.15) is 5.84 Å². The van der Waals surface area contributed by atoms with Gasteiger partial charge < -0.3 is 11.1 Å². The van der Waals surface area contributed by atoms with E-state index in [9.17, 15) is 4.79 Å². The average molecular weight is 418 g/mol. The second-order valence-electron chi connectivity index (χ2n) is 8.03. The number of nitrogens with two attached hydrogens (primary N) is 1. The van der Waals surface area contributed by atoms with Crippen molar-refractivity contribution in [3.05, 3.63) is 119 Å². The van der Waals surface area contributed by atoms with Gasteiger partial charge in [0.2, 0.25) is 0 Å². The van der Waals surface area contributed by atoms with Crippen LogP contribution < -0.4 is 11.1 Å². The van der Waals surface area contributed by atoms with Crippen LogP contribution in [-0.4, -0.2) is 11.7 Å². The maximum absolute atomic E-state index is 13.1. The van der Waals surface area contributed by atoms with Crippen molar-refractivity contribution in [2.75, 3.05) is 5.32 Å². The third-order valence-corrected chi connectivity index (χ3v) is 5.80. The molecule has 5 rings (SSSR count). The molecule has 1 aliphatic rings. The van der Waals surface area contributed by atoms with Gasteiger partial charge in [0.25, 0.3) is 5.91 Å². The molecule has 0 saturated carbocycles. The summed E-state index contributed by atoms with van der Waals surface area (Å²) in [7, 11) is 0. The summed E-state index contributed by atoms with van der Waals surface area (Å²) in [6.45, 7) is 2.03. The molecule has 0 bridgehead atoms. The summed E-state index contributed by atoms with van der Waals surface area (Å²) >= 11 is 0. The Labute approximate surface area is 187 Å². The SMILES string of the molecule is Cc1ccc(C(N)=Nc2cccc(NC(=O)c3cccc4c3Cc3ccccc3-4)c2)cc1. The van der Waals surface area contributed by atoms with Crippen LogP contribution in [0.5, 0.6) is 0 Å². The van der Waals surface area contributed by atoms with Gasteiger partial charge in [-0.1, -0.05) is 72.3 Å². The predicted molar refractivity (Wildman–Crippen MR) is 131 cm³/mol. The standard InChI is InChI=1S/C28H23N3O/c1-18-12-14-19(15-13-18)27(29)30-21-7-4-8-22(17-21)31-28(32)25-11-5-10-24-23-9-3-2-6-20(23)16-26(24)25/h2-15,17H,16H2,1H3,(H2,29,30)(H,31,32). The van der Waals surface area contributed by atoms with E-state index < -0.39 is 0 Å². The highest BCUT2D eigenvalue weighted by Gasteiger charge is 2.23. The first-order valence-corrected chi connectivity index (χ1v) is 10.6. The third kappa shape index (κ3) is 3.79. The van der Waals surface area contributed by atoms with Crippen LogP contribution in [-0.2, 0) is 6.42 Å². The van der Waals surface area contributed by atoms with E-state index in [0.717, 1.165) is 23.1 Å². The zero-order valence-corrected chi connectivity index (χ0v) is 17.8. The molecule has 0 heterocycles. The monoisotopic (exact) mass is 417 g/mol. The topological polar surface area (TPSA) is 67.5 Å². The zero-order valence-electron chi connectivity index (χ0n) is 17.8. The second-order valence-corrected chi connectivity index (χ2v) is 8.03. The van der Waals surface area contributed by atoms with Crippen molar-refractivity contribution in [1.82, 2.24) is 0 Å². The van der Waals surface area contributed by atoms with E-state index >= 15 is 0 Å². The summed E-state index contributed by atoms with van der Waals surface area (Å²) in [5, 5.41) is 3.03. The summed E-state index contributed by atoms with van der Waals surface area (Å²) in [5.74, 6) is 0.314. The molecule has 4 aromatic rings. The molecule has 4 heteroatoms. The van der Waals surface area contributed by atoms with E-state index in [2.05, 4.69) is 28.5 Å². The van der Waals surface area contributed by atoms with Gasteiger partial charge in [0.15, 0.2) is 0 Å². The molecule has 0 radical (unpaired) electrons. The number of aliphatic imine (C=N–C) groups is 1. The lowest BCUT2D eigenvalue weighted by atomic mass is 10.0. The van der Waals surface area contributed by atoms with Crippen LogP contribution in [0.3, 0.4) is 0 Å². The molecule has 156 valence electrons. The quantitative estimate of drug-likeness (QED) is 0.284. The minimum Gasteiger partial charge on any atom is -0.383 e. The van der Waals surface area contributed by atoms with Gasteiger partial charge in [-0.05, 0) is 59.9 Å². The Hall–Kier alpha value is -4.18. The van der Waals surface area contributed by atoms with Gasteiger partial charge in [-0.2, -0.15) is 0 Å². The number of hydrogen-bond donors (Lipinski definition) is 2. The summed E-state index contributed by atoms with van der Waals surface area (Å²) in [6, 6.07) is 29.6. The van der Waals surface area contributed by atoms with Gasteiger partial charge >= 0.3 is 0 Å². The molecule has 1 amide bonds. The molecule has 0 fully saturated rings. The Kier molecular flexibility index (Phi) is 5.04.